The van der Waals surface area contributed by atoms with Crippen LogP contribution in [0.4, 0.5) is 0 Å². The second kappa shape index (κ2) is 10.9. The summed E-state index contributed by atoms with van der Waals surface area (Å²) in [5, 5.41) is 14.3. The Morgan fingerprint density at radius 3 is 2.56 bits per heavy atom. The van der Waals surface area contributed by atoms with Gasteiger partial charge in [0, 0.05) is 31.6 Å². The molecule has 0 aliphatic heterocycles. The zero-order valence-electron chi connectivity index (χ0n) is 15.5. The Balaban J connectivity index is 0.00000576. The first-order valence-corrected chi connectivity index (χ1v) is 9.94. The number of nitrogens with zero attached hydrogens (tertiary/aromatic N) is 4. The van der Waals surface area contributed by atoms with Gasteiger partial charge in [-0.2, -0.15) is 0 Å². The summed E-state index contributed by atoms with van der Waals surface area (Å²) in [6.07, 6.45) is 3.69. The van der Waals surface area contributed by atoms with E-state index < -0.39 is 15.6 Å². The van der Waals surface area contributed by atoms with E-state index >= 15 is 0 Å². The number of nitrogens with one attached hydrogen (secondary N) is 3. The van der Waals surface area contributed by atoms with Gasteiger partial charge in [0.25, 0.3) is 0 Å². The minimum absolute atomic E-state index is 0. The van der Waals surface area contributed by atoms with Crippen molar-refractivity contribution in [3.63, 3.8) is 0 Å². The summed E-state index contributed by atoms with van der Waals surface area (Å²) in [7, 11) is -3.27. The average molecular weight is 487 g/mol. The van der Waals surface area contributed by atoms with E-state index in [0.717, 1.165) is 31.6 Å². The van der Waals surface area contributed by atoms with Gasteiger partial charge >= 0.3 is 0 Å². The van der Waals surface area contributed by atoms with E-state index in [1.807, 2.05) is 18.4 Å². The molecule has 0 saturated heterocycles. The van der Waals surface area contributed by atoms with Gasteiger partial charge < -0.3 is 15.2 Å². The third-order valence-corrected chi connectivity index (χ3v) is 4.02. The summed E-state index contributed by atoms with van der Waals surface area (Å²) in [6.45, 7) is 10.0. The van der Waals surface area contributed by atoms with E-state index in [0.29, 0.717) is 19.0 Å². The van der Waals surface area contributed by atoms with Gasteiger partial charge in [0.15, 0.2) is 5.96 Å². The van der Waals surface area contributed by atoms with Gasteiger partial charge in [-0.25, -0.2) is 13.1 Å². The number of rotatable bonds is 9. The first-order valence-electron chi connectivity index (χ1n) is 8.04. The lowest BCUT2D eigenvalue weighted by Gasteiger charge is -2.23. The van der Waals surface area contributed by atoms with Crippen molar-refractivity contribution < 1.29 is 8.42 Å². The van der Waals surface area contributed by atoms with Crippen LogP contribution in [0.15, 0.2) is 11.3 Å². The van der Waals surface area contributed by atoms with Crippen molar-refractivity contribution >= 4 is 40.0 Å². The number of sulfonamides is 1. The number of aryl methyl sites for hydroxylation is 1. The van der Waals surface area contributed by atoms with E-state index in [1.54, 1.807) is 20.2 Å². The maximum absolute atomic E-state index is 11.4. The predicted molar refractivity (Wildman–Crippen MR) is 111 cm³/mol. The van der Waals surface area contributed by atoms with Crippen LogP contribution in [0.3, 0.4) is 0 Å². The topological polar surface area (TPSA) is 113 Å². The molecule has 0 aromatic carbocycles. The highest BCUT2D eigenvalue weighted by Crippen LogP contribution is 2.04. The Hall–Kier alpha value is -0.950. The maximum atomic E-state index is 11.4. The Bertz CT molecular complexity index is 643. The monoisotopic (exact) mass is 487 g/mol. The smallest absolute Gasteiger partial charge is 0.209 e. The lowest BCUT2D eigenvalue weighted by atomic mass is 10.1. The lowest BCUT2D eigenvalue weighted by molar-refractivity contribution is 0.464. The van der Waals surface area contributed by atoms with Crippen molar-refractivity contribution in [1.29, 1.82) is 0 Å². The molecule has 0 aliphatic rings. The van der Waals surface area contributed by atoms with Gasteiger partial charge in [-0.3, -0.25) is 4.99 Å². The summed E-state index contributed by atoms with van der Waals surface area (Å²) in [6, 6.07) is 0. The SMILES string of the molecule is CCNC(=NCC(C)(C)NS(C)(=O)=O)NCCn1cnnc1CC.I. The highest BCUT2D eigenvalue weighted by atomic mass is 127. The molecule has 0 saturated carbocycles. The third-order valence-electron chi connectivity index (χ3n) is 3.10. The Labute approximate surface area is 167 Å². The quantitative estimate of drug-likeness (QED) is 0.263. The molecule has 1 rings (SSSR count). The molecule has 146 valence electrons. The van der Waals surface area contributed by atoms with Gasteiger partial charge in [0.1, 0.15) is 12.2 Å². The molecule has 1 aromatic heterocycles. The fourth-order valence-electron chi connectivity index (χ4n) is 2.19. The van der Waals surface area contributed by atoms with Crippen molar-refractivity contribution in [2.24, 2.45) is 4.99 Å². The third kappa shape index (κ3) is 9.94. The number of aliphatic imine (C=N–C) groups is 1. The van der Waals surface area contributed by atoms with Gasteiger partial charge in [-0.05, 0) is 20.8 Å². The molecule has 0 unspecified atom stereocenters. The first kappa shape index (κ1) is 24.1. The molecule has 1 heterocycles. The molecular formula is C14H30IN7O2S. The van der Waals surface area contributed by atoms with Gasteiger partial charge in [-0.1, -0.05) is 6.92 Å². The zero-order chi connectivity index (χ0) is 18.2. The first-order chi connectivity index (χ1) is 11.2. The van der Waals surface area contributed by atoms with E-state index in [1.165, 1.54) is 0 Å². The molecule has 25 heavy (non-hydrogen) atoms. The van der Waals surface area contributed by atoms with Crippen LogP contribution >= 0.6 is 24.0 Å². The van der Waals surface area contributed by atoms with Gasteiger partial charge in [0.2, 0.25) is 10.0 Å². The van der Waals surface area contributed by atoms with Crippen LogP contribution in [0, 0.1) is 0 Å². The van der Waals surface area contributed by atoms with Crippen LogP contribution in [0.25, 0.3) is 0 Å². The summed E-state index contributed by atoms with van der Waals surface area (Å²) >= 11 is 0. The molecule has 0 fully saturated rings. The number of hydrogen-bond donors (Lipinski definition) is 3. The molecule has 3 N–H and O–H groups in total. The summed E-state index contributed by atoms with van der Waals surface area (Å²) in [5.74, 6) is 1.59. The normalized spacial score (nSPS) is 12.6. The molecule has 0 amide bonds. The second-order valence-electron chi connectivity index (χ2n) is 6.17. The fourth-order valence-corrected chi connectivity index (χ4v) is 3.26. The highest BCUT2D eigenvalue weighted by Gasteiger charge is 2.21. The minimum Gasteiger partial charge on any atom is -0.357 e. The number of hydrogen-bond acceptors (Lipinski definition) is 5. The van der Waals surface area contributed by atoms with Crippen LogP contribution < -0.4 is 15.4 Å². The molecule has 0 spiro atoms. The molecule has 0 bridgehead atoms. The minimum atomic E-state index is -3.27. The number of guanidine groups is 1. The second-order valence-corrected chi connectivity index (χ2v) is 7.92. The molecule has 9 nitrogen and oxygen atoms in total. The molecule has 0 radical (unpaired) electrons. The van der Waals surface area contributed by atoms with E-state index in [2.05, 4.69) is 30.5 Å². The summed E-state index contributed by atoms with van der Waals surface area (Å²) < 4.78 is 27.3. The average Bonchev–Trinajstić information content (AvgIpc) is 2.89. The van der Waals surface area contributed by atoms with Crippen LogP contribution in [0.1, 0.15) is 33.5 Å². The number of aromatic nitrogens is 3. The van der Waals surface area contributed by atoms with Crippen molar-refractivity contribution in [3.8, 4) is 0 Å². The lowest BCUT2D eigenvalue weighted by Crippen LogP contribution is -2.47. The van der Waals surface area contributed by atoms with E-state index in [9.17, 15) is 8.42 Å². The van der Waals surface area contributed by atoms with Crippen molar-refractivity contribution in [2.45, 2.75) is 46.2 Å². The summed E-state index contributed by atoms with van der Waals surface area (Å²) in [4.78, 5) is 4.46. The van der Waals surface area contributed by atoms with Gasteiger partial charge in [-0.15, -0.1) is 34.2 Å². The van der Waals surface area contributed by atoms with Crippen LogP contribution in [0.2, 0.25) is 0 Å². The summed E-state index contributed by atoms with van der Waals surface area (Å²) in [5.41, 5.74) is -0.653. The van der Waals surface area contributed by atoms with Crippen LogP contribution in [0.5, 0.6) is 0 Å². The molecule has 0 aliphatic carbocycles. The molecule has 11 heteroatoms. The van der Waals surface area contributed by atoms with Crippen LogP contribution in [-0.4, -0.2) is 60.6 Å². The molecule has 1 aromatic rings. The Kier molecular flexibility index (Phi) is 10.5. The van der Waals surface area contributed by atoms with Gasteiger partial charge in [0.05, 0.1) is 12.8 Å². The van der Waals surface area contributed by atoms with Crippen molar-refractivity contribution in [1.82, 2.24) is 30.1 Å². The maximum Gasteiger partial charge on any atom is 0.209 e. The predicted octanol–water partition coefficient (Wildman–Crippen LogP) is 0.341. The van der Waals surface area contributed by atoms with Crippen LogP contribution in [-0.2, 0) is 23.0 Å². The Morgan fingerprint density at radius 1 is 1.32 bits per heavy atom. The van der Waals surface area contributed by atoms with E-state index in [4.69, 9.17) is 0 Å². The van der Waals surface area contributed by atoms with Crippen molar-refractivity contribution in [2.75, 3.05) is 25.9 Å². The number of halogens is 1. The standard InChI is InChI=1S/C14H29N7O2S.HI/c1-6-12-19-18-11-21(12)9-8-16-13(15-7-2)17-10-14(3,4)20-24(5,22)23;/h11,20H,6-10H2,1-5H3,(H2,15,16,17);1H. The zero-order valence-corrected chi connectivity index (χ0v) is 18.7. The molecular weight excluding hydrogens is 457 g/mol. The largest absolute Gasteiger partial charge is 0.357 e. The van der Waals surface area contributed by atoms with Crippen molar-refractivity contribution in [3.05, 3.63) is 12.2 Å². The fraction of sp³-hybridized carbons (Fsp3) is 0.786. The Morgan fingerprint density at radius 2 is 2.00 bits per heavy atom. The van der Waals surface area contributed by atoms with E-state index in [-0.39, 0.29) is 24.0 Å². The highest BCUT2D eigenvalue weighted by molar-refractivity contribution is 14.0. The molecule has 0 atom stereocenters.